The van der Waals surface area contributed by atoms with E-state index in [1.54, 1.807) is 0 Å². The molecule has 348 valence electrons. The molecule has 0 fully saturated rings. The number of hydrogen-bond donors (Lipinski definition) is 0. The van der Waals surface area contributed by atoms with Crippen LogP contribution in [0.4, 0.5) is 0 Å². The molecule has 0 spiro atoms. The second-order valence-electron chi connectivity index (χ2n) is 20.4. The van der Waals surface area contributed by atoms with Crippen LogP contribution >= 0.6 is 0 Å². The summed E-state index contributed by atoms with van der Waals surface area (Å²) in [5.41, 5.74) is 12.1. The van der Waals surface area contributed by atoms with Gasteiger partial charge in [0.25, 0.3) is 0 Å². The first-order chi connectivity index (χ1) is 37.2. The third-order valence-corrected chi connectivity index (χ3v) is 21.3. The van der Waals surface area contributed by atoms with E-state index in [0.29, 0.717) is 0 Å². The summed E-state index contributed by atoms with van der Waals surface area (Å²) in [6, 6.07) is 105. The predicted molar refractivity (Wildman–Crippen MR) is 322 cm³/mol. The molecule has 14 aromatic carbocycles. The van der Waals surface area contributed by atoms with Crippen molar-refractivity contribution in [3.8, 4) is 33.6 Å². The van der Waals surface area contributed by atoms with E-state index >= 15 is 0 Å². The lowest BCUT2D eigenvalue weighted by Crippen LogP contribution is -2.74. The highest BCUT2D eigenvalue weighted by Gasteiger charge is 2.42. The normalized spacial score (nSPS) is 12.3. The molecule has 0 saturated carbocycles. The van der Waals surface area contributed by atoms with Crippen molar-refractivity contribution in [2.24, 2.45) is 0 Å². The summed E-state index contributed by atoms with van der Waals surface area (Å²) in [5.74, 6) is 0. The fraction of sp³-hybridized carbons (Fsp3) is 0. The molecule has 0 unspecified atom stereocenters. The van der Waals surface area contributed by atoms with Crippen LogP contribution in [0.2, 0.25) is 0 Å². The lowest BCUT2D eigenvalue weighted by Gasteiger charge is -2.35. The average molecular weight is 967 g/mol. The molecule has 0 bridgehead atoms. The summed E-state index contributed by atoms with van der Waals surface area (Å²) in [6.45, 7) is 0. The molecule has 3 heteroatoms. The van der Waals surface area contributed by atoms with Gasteiger partial charge in [0.15, 0.2) is 8.07 Å². The van der Waals surface area contributed by atoms with Gasteiger partial charge in [-0.15, -0.1) is 0 Å². The van der Waals surface area contributed by atoms with Gasteiger partial charge < -0.3 is 9.13 Å². The molecule has 16 rings (SSSR count). The molecule has 2 heterocycles. The molecule has 0 aliphatic rings. The van der Waals surface area contributed by atoms with Crippen molar-refractivity contribution in [1.82, 2.24) is 9.13 Å². The zero-order valence-electron chi connectivity index (χ0n) is 41.0. The van der Waals surface area contributed by atoms with Gasteiger partial charge in [0, 0.05) is 32.9 Å². The summed E-state index contributed by atoms with van der Waals surface area (Å²) in [6.07, 6.45) is 0. The third-order valence-electron chi connectivity index (χ3n) is 16.6. The molecule has 0 atom stereocenters. The standard InChI is InChI=1S/C72H46N2Si/c1-3-11-57-45-63(43-33-47(57)9-1)75(64-44-34-48-10-2-4-12-58(48)46-64,61-39-29-51(30-40-61)49-25-35-59(36-26-49)73-65-17-5-13-53-21-22-54-14-6-18-66(73)70(54)69(53)65)62-41-31-52(32-42-62)50-27-37-60(38-28-50)74-67-19-7-15-55-23-24-56-16-8-20-68(74)72(56)71(55)67/h1-46H. The smallest absolute Gasteiger partial charge is 0.179 e. The van der Waals surface area contributed by atoms with Crippen molar-refractivity contribution in [3.05, 3.63) is 279 Å². The van der Waals surface area contributed by atoms with Crippen LogP contribution in [0.1, 0.15) is 0 Å². The molecular formula is C72H46N2Si. The summed E-state index contributed by atoms with van der Waals surface area (Å²) < 4.78 is 4.86. The van der Waals surface area contributed by atoms with E-state index in [4.69, 9.17) is 0 Å². The maximum absolute atomic E-state index is 3.00. The Labute approximate surface area is 434 Å². The van der Waals surface area contributed by atoms with E-state index in [2.05, 4.69) is 288 Å². The first-order valence-corrected chi connectivity index (χ1v) is 28.1. The van der Waals surface area contributed by atoms with Crippen molar-refractivity contribution in [2.45, 2.75) is 0 Å². The first-order valence-electron chi connectivity index (χ1n) is 26.1. The topological polar surface area (TPSA) is 9.86 Å². The van der Waals surface area contributed by atoms with Crippen molar-refractivity contribution < 1.29 is 0 Å². The summed E-state index contributed by atoms with van der Waals surface area (Å²) in [7, 11) is -3.00. The number of fused-ring (bicyclic) bond motifs is 2. The molecule has 0 aliphatic carbocycles. The van der Waals surface area contributed by atoms with Gasteiger partial charge in [-0.05, 0) is 135 Å². The van der Waals surface area contributed by atoms with E-state index in [-0.39, 0.29) is 0 Å². The summed E-state index contributed by atoms with van der Waals surface area (Å²) >= 11 is 0. The van der Waals surface area contributed by atoms with Gasteiger partial charge in [0.2, 0.25) is 0 Å². The highest BCUT2D eigenvalue weighted by molar-refractivity contribution is 7.20. The molecule has 0 aliphatic heterocycles. The van der Waals surface area contributed by atoms with Gasteiger partial charge in [-0.3, -0.25) is 0 Å². The van der Waals surface area contributed by atoms with Crippen LogP contribution in [0.5, 0.6) is 0 Å². The van der Waals surface area contributed by atoms with Gasteiger partial charge in [-0.25, -0.2) is 0 Å². The van der Waals surface area contributed by atoms with E-state index in [0.717, 1.165) is 0 Å². The highest BCUT2D eigenvalue weighted by atomic mass is 28.3. The van der Waals surface area contributed by atoms with Crippen molar-refractivity contribution in [3.63, 3.8) is 0 Å². The van der Waals surface area contributed by atoms with Gasteiger partial charge in [0.05, 0.1) is 22.1 Å². The Morgan fingerprint density at radius 3 is 0.800 bits per heavy atom. The van der Waals surface area contributed by atoms with Gasteiger partial charge in [0.1, 0.15) is 0 Å². The lowest BCUT2D eigenvalue weighted by molar-refractivity contribution is 1.18. The van der Waals surface area contributed by atoms with Crippen LogP contribution in [0, 0.1) is 0 Å². The Morgan fingerprint density at radius 1 is 0.200 bits per heavy atom. The average Bonchev–Trinajstić information content (AvgIpc) is 4.09. The second-order valence-corrected chi connectivity index (χ2v) is 24.2. The molecule has 0 radical (unpaired) electrons. The van der Waals surface area contributed by atoms with E-state index in [1.807, 2.05) is 0 Å². The molecule has 16 aromatic rings. The van der Waals surface area contributed by atoms with Crippen LogP contribution < -0.4 is 20.7 Å². The van der Waals surface area contributed by atoms with Crippen LogP contribution in [0.25, 0.3) is 120 Å². The van der Waals surface area contributed by atoms with Crippen LogP contribution in [-0.4, -0.2) is 17.2 Å². The van der Waals surface area contributed by atoms with E-state index in [9.17, 15) is 0 Å². The van der Waals surface area contributed by atoms with Gasteiger partial charge >= 0.3 is 0 Å². The number of rotatable bonds is 8. The van der Waals surface area contributed by atoms with Gasteiger partial charge in [-0.1, -0.05) is 231 Å². The molecular weight excluding hydrogens is 921 g/mol. The molecule has 0 amide bonds. The van der Waals surface area contributed by atoms with Crippen molar-refractivity contribution in [1.29, 1.82) is 0 Å². The Hall–Kier alpha value is -9.54. The maximum atomic E-state index is 2.48. The lowest BCUT2D eigenvalue weighted by atomic mass is 10.0. The minimum Gasteiger partial charge on any atom is -0.309 e. The molecule has 0 N–H and O–H groups in total. The minimum atomic E-state index is -3.00. The Kier molecular flexibility index (Phi) is 9.09. The summed E-state index contributed by atoms with van der Waals surface area (Å²) in [5, 5.41) is 20.9. The largest absolute Gasteiger partial charge is 0.309 e. The summed E-state index contributed by atoms with van der Waals surface area (Å²) in [4.78, 5) is 0. The fourth-order valence-electron chi connectivity index (χ4n) is 13.1. The monoisotopic (exact) mass is 966 g/mol. The second kappa shape index (κ2) is 16.2. The van der Waals surface area contributed by atoms with Crippen molar-refractivity contribution in [2.75, 3.05) is 0 Å². The molecule has 2 nitrogen and oxygen atoms in total. The number of benzene rings is 14. The Bertz CT molecular complexity index is 4400. The SMILES string of the molecule is c1ccc2cc([Si](c3ccc(-c4ccc(-n5c6cccc7ccc8cccc5c8c76)cc4)cc3)(c3ccc(-c4ccc(-n5c6cccc7ccc8cccc5c8c76)cc4)cc3)c3ccc4ccccc4c3)ccc2c1. The van der Waals surface area contributed by atoms with Crippen LogP contribution in [-0.2, 0) is 0 Å². The minimum absolute atomic E-state index is 1.17. The fourth-order valence-corrected chi connectivity index (χ4v) is 17.8. The third kappa shape index (κ3) is 6.26. The van der Waals surface area contributed by atoms with Crippen molar-refractivity contribution >= 4 is 116 Å². The number of nitrogens with zero attached hydrogens (tertiary/aromatic N) is 2. The number of hydrogen-bond acceptors (Lipinski definition) is 0. The van der Waals surface area contributed by atoms with E-state index < -0.39 is 8.07 Å². The van der Waals surface area contributed by atoms with Crippen LogP contribution in [0.3, 0.4) is 0 Å². The van der Waals surface area contributed by atoms with Gasteiger partial charge in [-0.2, -0.15) is 0 Å². The predicted octanol–water partition coefficient (Wildman–Crippen LogP) is 16.1. The quantitative estimate of drug-likeness (QED) is 0.0816. The molecule has 75 heavy (non-hydrogen) atoms. The number of aromatic nitrogens is 2. The molecule has 0 saturated heterocycles. The van der Waals surface area contributed by atoms with Crippen LogP contribution in [0.15, 0.2) is 279 Å². The van der Waals surface area contributed by atoms with E-state index in [1.165, 1.54) is 141 Å². The maximum Gasteiger partial charge on any atom is 0.179 e. The zero-order valence-corrected chi connectivity index (χ0v) is 42.0. The Morgan fingerprint density at radius 2 is 0.467 bits per heavy atom. The Balaban J connectivity index is 0.823. The highest BCUT2D eigenvalue weighted by Crippen LogP contribution is 2.41. The zero-order chi connectivity index (χ0) is 49.2. The molecule has 2 aromatic heterocycles. The first kappa shape index (κ1) is 42.0.